The van der Waals surface area contributed by atoms with Crippen LogP contribution in [0.15, 0.2) is 23.3 Å². The van der Waals surface area contributed by atoms with E-state index >= 15 is 0 Å². The maximum Gasteiger partial charge on any atom is 0.0631 e. The van der Waals surface area contributed by atoms with Crippen molar-refractivity contribution < 1.29 is 0 Å². The normalized spacial score (nSPS) is 18.8. The second kappa shape index (κ2) is 3.72. The van der Waals surface area contributed by atoms with E-state index in [0.717, 1.165) is 19.3 Å². The van der Waals surface area contributed by atoms with Crippen molar-refractivity contribution in [1.82, 2.24) is 0 Å². The maximum absolute atomic E-state index is 8.44. The van der Waals surface area contributed by atoms with E-state index in [1.165, 1.54) is 16.7 Å². The van der Waals surface area contributed by atoms with Crippen molar-refractivity contribution >= 4 is 0 Å². The van der Waals surface area contributed by atoms with E-state index < -0.39 is 0 Å². The lowest BCUT2D eigenvalue weighted by Crippen LogP contribution is -1.91. The number of azide groups is 1. The zero-order chi connectivity index (χ0) is 9.97. The first-order chi connectivity index (χ1) is 6.86. The molecule has 0 aromatic heterocycles. The molecule has 1 aromatic carbocycles. The van der Waals surface area contributed by atoms with Gasteiger partial charge in [0.25, 0.3) is 0 Å². The van der Waals surface area contributed by atoms with Crippen molar-refractivity contribution in [1.29, 1.82) is 0 Å². The van der Waals surface area contributed by atoms with Gasteiger partial charge in [-0.2, -0.15) is 0 Å². The fourth-order valence-corrected chi connectivity index (χ4v) is 2.22. The Morgan fingerprint density at radius 3 is 3.14 bits per heavy atom. The summed E-state index contributed by atoms with van der Waals surface area (Å²) in [4.78, 5) is 2.90. The van der Waals surface area contributed by atoms with Gasteiger partial charge in [-0.15, -0.1) is 0 Å². The van der Waals surface area contributed by atoms with E-state index in [1.807, 2.05) is 0 Å². The van der Waals surface area contributed by atoms with Gasteiger partial charge in [-0.3, -0.25) is 0 Å². The summed E-state index contributed by atoms with van der Waals surface area (Å²) < 4.78 is 0. The Labute approximate surface area is 83.4 Å². The minimum Gasteiger partial charge on any atom is -0.0859 e. The lowest BCUT2D eigenvalue weighted by atomic mass is 10.0. The molecule has 3 heteroatoms. The number of hydrogen-bond donors (Lipinski definition) is 0. The van der Waals surface area contributed by atoms with Crippen LogP contribution in [-0.2, 0) is 12.8 Å². The van der Waals surface area contributed by atoms with Gasteiger partial charge in [0.05, 0.1) is 6.04 Å². The molecule has 14 heavy (non-hydrogen) atoms. The van der Waals surface area contributed by atoms with E-state index in [9.17, 15) is 0 Å². The molecular formula is C11H13N3. The Morgan fingerprint density at radius 1 is 1.57 bits per heavy atom. The van der Waals surface area contributed by atoms with Crippen molar-refractivity contribution in [3.05, 3.63) is 45.3 Å². The lowest BCUT2D eigenvalue weighted by Gasteiger charge is -2.07. The molecule has 0 saturated heterocycles. The molecule has 0 amide bonds. The fourth-order valence-electron chi connectivity index (χ4n) is 2.22. The molecule has 1 aromatic rings. The van der Waals surface area contributed by atoms with Gasteiger partial charge in [0.15, 0.2) is 0 Å². The summed E-state index contributed by atoms with van der Waals surface area (Å²) in [6, 6.07) is 6.38. The average Bonchev–Trinajstić information content (AvgIpc) is 2.62. The van der Waals surface area contributed by atoms with Crippen LogP contribution in [0.2, 0.25) is 0 Å². The fraction of sp³-hybridized carbons (Fsp3) is 0.455. The molecule has 0 N–H and O–H groups in total. The first-order valence-electron chi connectivity index (χ1n) is 5.01. The molecule has 0 radical (unpaired) electrons. The van der Waals surface area contributed by atoms with E-state index in [1.54, 1.807) is 0 Å². The molecule has 0 fully saturated rings. The molecule has 0 spiro atoms. The van der Waals surface area contributed by atoms with Gasteiger partial charge in [0.1, 0.15) is 0 Å². The third-order valence-electron chi connectivity index (χ3n) is 2.91. The summed E-state index contributed by atoms with van der Waals surface area (Å²) in [7, 11) is 0. The summed E-state index contributed by atoms with van der Waals surface area (Å²) in [5.74, 6) is 0. The van der Waals surface area contributed by atoms with Gasteiger partial charge in [-0.1, -0.05) is 30.2 Å². The van der Waals surface area contributed by atoms with E-state index in [4.69, 9.17) is 5.53 Å². The zero-order valence-corrected chi connectivity index (χ0v) is 8.27. The second-order valence-corrected chi connectivity index (χ2v) is 3.60. The summed E-state index contributed by atoms with van der Waals surface area (Å²) in [5.41, 5.74) is 12.5. The smallest absolute Gasteiger partial charge is 0.0631 e. The van der Waals surface area contributed by atoms with Crippen LogP contribution in [0.1, 0.15) is 36.1 Å². The van der Waals surface area contributed by atoms with Crippen LogP contribution < -0.4 is 0 Å². The van der Waals surface area contributed by atoms with Crippen molar-refractivity contribution in [2.45, 2.75) is 32.2 Å². The molecule has 1 atom stereocenters. The third-order valence-corrected chi connectivity index (χ3v) is 2.91. The van der Waals surface area contributed by atoms with Crippen LogP contribution in [0.4, 0.5) is 0 Å². The lowest BCUT2D eigenvalue weighted by molar-refractivity contribution is 0.707. The molecule has 3 nitrogen and oxygen atoms in total. The van der Waals surface area contributed by atoms with Gasteiger partial charge in [0, 0.05) is 4.91 Å². The Kier molecular flexibility index (Phi) is 2.42. The standard InChI is InChI=1S/C11H13N3/c1-2-8-4-3-5-10-9(8)6-7-11(10)13-14-12/h3-5,11H,2,6-7H2,1H3. The molecule has 0 heterocycles. The van der Waals surface area contributed by atoms with Crippen LogP contribution in [0.3, 0.4) is 0 Å². The van der Waals surface area contributed by atoms with Crippen LogP contribution >= 0.6 is 0 Å². The highest BCUT2D eigenvalue weighted by molar-refractivity contribution is 5.40. The van der Waals surface area contributed by atoms with E-state index in [0.29, 0.717) is 0 Å². The molecule has 2 rings (SSSR count). The monoisotopic (exact) mass is 187 g/mol. The Bertz CT molecular complexity index is 392. The van der Waals surface area contributed by atoms with Crippen LogP contribution in [0, 0.1) is 0 Å². The number of aryl methyl sites for hydroxylation is 1. The van der Waals surface area contributed by atoms with Gasteiger partial charge < -0.3 is 0 Å². The summed E-state index contributed by atoms with van der Waals surface area (Å²) in [6.07, 6.45) is 3.09. The van der Waals surface area contributed by atoms with Gasteiger partial charge in [-0.25, -0.2) is 0 Å². The Balaban J connectivity index is 2.46. The molecule has 72 valence electrons. The first kappa shape index (κ1) is 9.10. The number of fused-ring (bicyclic) bond motifs is 1. The van der Waals surface area contributed by atoms with Crippen molar-refractivity contribution in [3.8, 4) is 0 Å². The second-order valence-electron chi connectivity index (χ2n) is 3.60. The summed E-state index contributed by atoms with van der Waals surface area (Å²) in [6.45, 7) is 2.16. The van der Waals surface area contributed by atoms with E-state index in [-0.39, 0.29) is 6.04 Å². The number of hydrogen-bond acceptors (Lipinski definition) is 1. The van der Waals surface area contributed by atoms with Gasteiger partial charge >= 0.3 is 0 Å². The minimum absolute atomic E-state index is 0.0708. The summed E-state index contributed by atoms with van der Waals surface area (Å²) in [5, 5.41) is 3.82. The number of benzene rings is 1. The topological polar surface area (TPSA) is 48.8 Å². The first-order valence-corrected chi connectivity index (χ1v) is 5.01. The quantitative estimate of drug-likeness (QED) is 0.386. The van der Waals surface area contributed by atoms with Gasteiger partial charge in [-0.05, 0) is 41.5 Å². The average molecular weight is 187 g/mol. The van der Waals surface area contributed by atoms with Crippen LogP contribution in [0.25, 0.3) is 10.4 Å². The van der Waals surface area contributed by atoms with Crippen molar-refractivity contribution in [2.24, 2.45) is 5.11 Å². The third kappa shape index (κ3) is 1.36. The van der Waals surface area contributed by atoms with Crippen LogP contribution in [0.5, 0.6) is 0 Å². The number of rotatable bonds is 2. The minimum atomic E-state index is 0.0708. The Morgan fingerprint density at radius 2 is 2.43 bits per heavy atom. The van der Waals surface area contributed by atoms with Crippen molar-refractivity contribution in [2.75, 3.05) is 0 Å². The highest BCUT2D eigenvalue weighted by atomic mass is 15.1. The highest BCUT2D eigenvalue weighted by Crippen LogP contribution is 2.36. The summed E-state index contributed by atoms with van der Waals surface area (Å²) >= 11 is 0. The predicted octanol–water partition coefficient (Wildman–Crippen LogP) is 3.55. The van der Waals surface area contributed by atoms with Gasteiger partial charge in [0.2, 0.25) is 0 Å². The highest BCUT2D eigenvalue weighted by Gasteiger charge is 2.22. The molecule has 0 bridgehead atoms. The van der Waals surface area contributed by atoms with Crippen molar-refractivity contribution in [3.63, 3.8) is 0 Å². The molecular weight excluding hydrogens is 174 g/mol. The number of nitrogens with zero attached hydrogens (tertiary/aromatic N) is 3. The molecule has 1 aliphatic carbocycles. The van der Waals surface area contributed by atoms with E-state index in [2.05, 4.69) is 35.1 Å². The molecule has 0 aliphatic heterocycles. The maximum atomic E-state index is 8.44. The SMILES string of the molecule is CCc1cccc2c1CCC2N=[N+]=[N-]. The Hall–Kier alpha value is -1.47. The predicted molar refractivity (Wildman–Crippen MR) is 56.0 cm³/mol. The molecule has 0 saturated carbocycles. The van der Waals surface area contributed by atoms with Crippen LogP contribution in [-0.4, -0.2) is 0 Å². The largest absolute Gasteiger partial charge is 0.0859 e. The zero-order valence-electron chi connectivity index (χ0n) is 8.27. The molecule has 1 unspecified atom stereocenters. The molecule has 1 aliphatic rings.